The summed E-state index contributed by atoms with van der Waals surface area (Å²) >= 11 is 0. The molecule has 86 valence electrons. The first-order valence-electron chi connectivity index (χ1n) is 5.67. The average Bonchev–Trinajstić information content (AvgIpc) is 2.29. The third-order valence-electron chi connectivity index (χ3n) is 3.00. The van der Waals surface area contributed by atoms with Crippen molar-refractivity contribution in [2.75, 3.05) is 18.0 Å². The highest BCUT2D eigenvalue weighted by atomic mass is 19.1. The van der Waals surface area contributed by atoms with Gasteiger partial charge in [-0.15, -0.1) is 0 Å². The molecule has 0 radical (unpaired) electrons. The fraction of sp³-hybridized carbons (Fsp3) is 0.462. The molecule has 0 aromatic heterocycles. The predicted octanol–water partition coefficient (Wildman–Crippen LogP) is 2.83. The number of anilines is 1. The van der Waals surface area contributed by atoms with Crippen molar-refractivity contribution in [2.45, 2.75) is 25.9 Å². The van der Waals surface area contributed by atoms with Gasteiger partial charge in [-0.25, -0.2) is 4.39 Å². The first kappa shape index (κ1) is 11.1. The monoisotopic (exact) mass is 221 g/mol. The number of hydrogen-bond acceptors (Lipinski definition) is 2. The average molecular weight is 221 g/mol. The largest absolute Gasteiger partial charge is 0.369 e. The zero-order valence-electron chi connectivity index (χ0n) is 9.45. The van der Waals surface area contributed by atoms with E-state index in [1.54, 1.807) is 19.1 Å². The highest BCUT2D eigenvalue weighted by Gasteiger charge is 2.19. The van der Waals surface area contributed by atoms with Gasteiger partial charge in [-0.1, -0.05) is 0 Å². The van der Waals surface area contributed by atoms with Crippen LogP contribution in [0.4, 0.5) is 10.1 Å². The van der Waals surface area contributed by atoms with Crippen LogP contribution in [0.5, 0.6) is 0 Å². The Kier molecular flexibility index (Phi) is 3.22. The molecule has 1 atom stereocenters. The van der Waals surface area contributed by atoms with Crippen LogP contribution in [0.2, 0.25) is 0 Å². The fourth-order valence-corrected chi connectivity index (χ4v) is 2.07. The standard InChI is InChI=1S/C13H16FNO/c1-10(16)11-4-6-13(7-5-11)15-8-2-3-12(14)9-15/h4-7,12H,2-3,8-9H2,1H3. The molecular weight excluding hydrogens is 205 g/mol. The third kappa shape index (κ3) is 2.40. The molecule has 1 unspecified atom stereocenters. The zero-order chi connectivity index (χ0) is 11.5. The minimum atomic E-state index is -0.721. The molecule has 2 nitrogen and oxygen atoms in total. The highest BCUT2D eigenvalue weighted by Crippen LogP contribution is 2.21. The summed E-state index contributed by atoms with van der Waals surface area (Å²) in [5, 5.41) is 0. The minimum absolute atomic E-state index is 0.0635. The van der Waals surface area contributed by atoms with Crippen LogP contribution in [0.1, 0.15) is 30.1 Å². The van der Waals surface area contributed by atoms with E-state index < -0.39 is 6.17 Å². The van der Waals surface area contributed by atoms with Crippen LogP contribution in [0.25, 0.3) is 0 Å². The summed E-state index contributed by atoms with van der Waals surface area (Å²) in [6.07, 6.45) is 0.846. The number of hydrogen-bond donors (Lipinski definition) is 0. The number of carbonyl (C=O) groups excluding carboxylic acids is 1. The number of rotatable bonds is 2. The molecule has 2 rings (SSSR count). The van der Waals surface area contributed by atoms with E-state index in [-0.39, 0.29) is 5.78 Å². The first-order chi connectivity index (χ1) is 7.66. The Morgan fingerprint density at radius 1 is 1.38 bits per heavy atom. The van der Waals surface area contributed by atoms with E-state index in [0.717, 1.165) is 18.7 Å². The maximum Gasteiger partial charge on any atom is 0.159 e. The van der Waals surface area contributed by atoms with Crippen molar-refractivity contribution < 1.29 is 9.18 Å². The Bertz CT molecular complexity index is 374. The van der Waals surface area contributed by atoms with Crippen LogP contribution in [0.15, 0.2) is 24.3 Å². The minimum Gasteiger partial charge on any atom is -0.369 e. The van der Waals surface area contributed by atoms with Crippen molar-refractivity contribution in [3.8, 4) is 0 Å². The van der Waals surface area contributed by atoms with Crippen LogP contribution in [-0.2, 0) is 0 Å². The van der Waals surface area contributed by atoms with E-state index in [1.165, 1.54) is 0 Å². The maximum absolute atomic E-state index is 13.2. The van der Waals surface area contributed by atoms with Gasteiger partial charge < -0.3 is 4.90 Å². The van der Waals surface area contributed by atoms with Crippen molar-refractivity contribution in [1.82, 2.24) is 0 Å². The molecule has 0 bridgehead atoms. The first-order valence-corrected chi connectivity index (χ1v) is 5.67. The van der Waals surface area contributed by atoms with Gasteiger partial charge in [0.15, 0.2) is 5.78 Å². The zero-order valence-corrected chi connectivity index (χ0v) is 9.45. The second kappa shape index (κ2) is 4.64. The second-order valence-corrected chi connectivity index (χ2v) is 4.29. The van der Waals surface area contributed by atoms with E-state index >= 15 is 0 Å². The van der Waals surface area contributed by atoms with Crippen LogP contribution >= 0.6 is 0 Å². The lowest BCUT2D eigenvalue weighted by Crippen LogP contribution is -2.36. The number of ketones is 1. The number of halogens is 1. The normalized spacial score (nSPS) is 20.9. The Hall–Kier alpha value is -1.38. The van der Waals surface area contributed by atoms with E-state index in [2.05, 4.69) is 0 Å². The molecule has 1 fully saturated rings. The second-order valence-electron chi connectivity index (χ2n) is 4.29. The molecule has 0 aliphatic carbocycles. The number of benzene rings is 1. The van der Waals surface area contributed by atoms with Crippen molar-refractivity contribution in [1.29, 1.82) is 0 Å². The summed E-state index contributed by atoms with van der Waals surface area (Å²) in [5.41, 5.74) is 1.71. The van der Waals surface area contributed by atoms with Gasteiger partial charge in [-0.3, -0.25) is 4.79 Å². The predicted molar refractivity (Wildman–Crippen MR) is 62.8 cm³/mol. The van der Waals surface area contributed by atoms with E-state index in [0.29, 0.717) is 18.5 Å². The van der Waals surface area contributed by atoms with Gasteiger partial charge >= 0.3 is 0 Å². The SMILES string of the molecule is CC(=O)c1ccc(N2CCCC(F)C2)cc1. The third-order valence-corrected chi connectivity index (χ3v) is 3.00. The quantitative estimate of drug-likeness (QED) is 0.716. The summed E-state index contributed by atoms with van der Waals surface area (Å²) < 4.78 is 13.2. The Labute approximate surface area is 95.1 Å². The van der Waals surface area contributed by atoms with Crippen LogP contribution < -0.4 is 4.90 Å². The molecule has 1 aliphatic rings. The molecule has 16 heavy (non-hydrogen) atoms. The van der Waals surface area contributed by atoms with E-state index in [9.17, 15) is 9.18 Å². The van der Waals surface area contributed by atoms with E-state index in [4.69, 9.17) is 0 Å². The molecule has 1 aliphatic heterocycles. The Morgan fingerprint density at radius 3 is 2.62 bits per heavy atom. The molecule has 3 heteroatoms. The smallest absolute Gasteiger partial charge is 0.159 e. The summed E-state index contributed by atoms with van der Waals surface area (Å²) in [6.45, 7) is 2.92. The van der Waals surface area contributed by atoms with Crippen LogP contribution in [0, 0.1) is 0 Å². The summed E-state index contributed by atoms with van der Waals surface area (Å²) in [4.78, 5) is 13.2. The lowest BCUT2D eigenvalue weighted by Gasteiger charge is -2.31. The fourth-order valence-electron chi connectivity index (χ4n) is 2.07. The van der Waals surface area contributed by atoms with Crippen LogP contribution in [0.3, 0.4) is 0 Å². The van der Waals surface area contributed by atoms with Crippen molar-refractivity contribution in [3.63, 3.8) is 0 Å². The number of nitrogens with zero attached hydrogens (tertiary/aromatic N) is 1. The molecule has 1 aromatic carbocycles. The van der Waals surface area contributed by atoms with Crippen molar-refractivity contribution in [2.24, 2.45) is 0 Å². The summed E-state index contributed by atoms with van der Waals surface area (Å²) in [5.74, 6) is 0.0635. The number of piperidine rings is 1. The number of Topliss-reactive ketones (excluding diaryl/α,β-unsaturated/α-hetero) is 1. The van der Waals surface area contributed by atoms with Crippen LogP contribution in [-0.4, -0.2) is 25.0 Å². The molecule has 1 heterocycles. The van der Waals surface area contributed by atoms with Gasteiger partial charge in [0.05, 0.1) is 0 Å². The molecule has 0 amide bonds. The highest BCUT2D eigenvalue weighted by molar-refractivity contribution is 5.94. The molecule has 0 N–H and O–H groups in total. The van der Waals surface area contributed by atoms with Gasteiger partial charge in [0.1, 0.15) is 6.17 Å². The number of carbonyl (C=O) groups is 1. The van der Waals surface area contributed by atoms with Crippen molar-refractivity contribution >= 4 is 11.5 Å². The molecular formula is C13H16FNO. The van der Waals surface area contributed by atoms with Gasteiger partial charge in [-0.05, 0) is 44.0 Å². The lowest BCUT2D eigenvalue weighted by molar-refractivity contribution is 0.101. The van der Waals surface area contributed by atoms with Gasteiger partial charge in [0.2, 0.25) is 0 Å². The molecule has 0 saturated carbocycles. The summed E-state index contributed by atoms with van der Waals surface area (Å²) in [6, 6.07) is 7.41. The molecule has 1 saturated heterocycles. The number of alkyl halides is 1. The van der Waals surface area contributed by atoms with Gasteiger partial charge in [0.25, 0.3) is 0 Å². The van der Waals surface area contributed by atoms with Gasteiger partial charge in [0, 0.05) is 24.3 Å². The maximum atomic E-state index is 13.2. The molecule has 1 aromatic rings. The van der Waals surface area contributed by atoms with Crippen molar-refractivity contribution in [3.05, 3.63) is 29.8 Å². The Morgan fingerprint density at radius 2 is 2.06 bits per heavy atom. The van der Waals surface area contributed by atoms with E-state index in [1.807, 2.05) is 17.0 Å². The van der Waals surface area contributed by atoms with Gasteiger partial charge in [-0.2, -0.15) is 0 Å². The lowest BCUT2D eigenvalue weighted by atomic mass is 10.1. The topological polar surface area (TPSA) is 20.3 Å². The molecule has 0 spiro atoms. The summed E-state index contributed by atoms with van der Waals surface area (Å²) in [7, 11) is 0. The Balaban J connectivity index is 2.11.